The van der Waals surface area contributed by atoms with Crippen molar-refractivity contribution in [3.05, 3.63) is 59.7 Å². The molecule has 112 valence electrons. The molecule has 0 aromatic heterocycles. The third-order valence-electron chi connectivity index (χ3n) is 3.01. The highest BCUT2D eigenvalue weighted by atomic mass is 32.2. The van der Waals surface area contributed by atoms with E-state index in [1.807, 2.05) is 54.8 Å². The lowest BCUT2D eigenvalue weighted by molar-refractivity contribution is 0.0956. The maximum atomic E-state index is 12.1. The standard InChI is InChI=1S/C18H17NO2S/c1-21-15-11-9-14(10-12-15)6-5-13-19-18(20)16-7-3-4-8-17(16)22-2/h3-4,7-12H,13H2,1-2H3,(H,19,20). The molecule has 0 aliphatic heterocycles. The Balaban J connectivity index is 1.93. The normalized spacial score (nSPS) is 9.55. The molecule has 0 radical (unpaired) electrons. The summed E-state index contributed by atoms with van der Waals surface area (Å²) in [4.78, 5) is 13.1. The van der Waals surface area contributed by atoms with Crippen molar-refractivity contribution >= 4 is 17.7 Å². The number of hydrogen-bond acceptors (Lipinski definition) is 3. The van der Waals surface area contributed by atoms with Crippen LogP contribution in [0.15, 0.2) is 53.4 Å². The number of carbonyl (C=O) groups is 1. The van der Waals surface area contributed by atoms with Crippen molar-refractivity contribution in [3.8, 4) is 17.6 Å². The Morgan fingerprint density at radius 2 is 1.91 bits per heavy atom. The Hall–Kier alpha value is -2.38. The van der Waals surface area contributed by atoms with Gasteiger partial charge in [-0.15, -0.1) is 11.8 Å². The predicted molar refractivity (Wildman–Crippen MR) is 90.4 cm³/mol. The van der Waals surface area contributed by atoms with Gasteiger partial charge in [0.1, 0.15) is 5.75 Å². The quantitative estimate of drug-likeness (QED) is 0.696. The van der Waals surface area contributed by atoms with Crippen LogP contribution in [0.5, 0.6) is 5.75 Å². The molecule has 0 unspecified atom stereocenters. The summed E-state index contributed by atoms with van der Waals surface area (Å²) in [5, 5.41) is 2.82. The number of methoxy groups -OCH3 is 1. The van der Waals surface area contributed by atoms with Crippen molar-refractivity contribution in [3.63, 3.8) is 0 Å². The third kappa shape index (κ3) is 4.31. The van der Waals surface area contributed by atoms with Gasteiger partial charge in [-0.25, -0.2) is 0 Å². The van der Waals surface area contributed by atoms with Gasteiger partial charge < -0.3 is 10.1 Å². The van der Waals surface area contributed by atoms with Gasteiger partial charge in [0.2, 0.25) is 0 Å². The Kier molecular flexibility index (Phi) is 5.93. The monoisotopic (exact) mass is 311 g/mol. The van der Waals surface area contributed by atoms with Gasteiger partial charge in [0, 0.05) is 10.5 Å². The Bertz CT molecular complexity index is 699. The number of thioether (sulfide) groups is 1. The molecule has 0 saturated carbocycles. The number of amides is 1. The molecule has 0 aliphatic rings. The highest BCUT2D eigenvalue weighted by molar-refractivity contribution is 7.98. The number of benzene rings is 2. The van der Waals surface area contributed by atoms with Crippen LogP contribution >= 0.6 is 11.8 Å². The van der Waals surface area contributed by atoms with Gasteiger partial charge in [0.15, 0.2) is 0 Å². The fourth-order valence-electron chi connectivity index (χ4n) is 1.87. The molecule has 22 heavy (non-hydrogen) atoms. The molecule has 0 heterocycles. The van der Waals surface area contributed by atoms with Crippen LogP contribution in [0.3, 0.4) is 0 Å². The first-order valence-corrected chi connectivity index (χ1v) is 8.01. The van der Waals surface area contributed by atoms with E-state index in [0.29, 0.717) is 12.1 Å². The molecule has 0 atom stereocenters. The number of rotatable bonds is 4. The second kappa shape index (κ2) is 8.16. The molecule has 4 heteroatoms. The van der Waals surface area contributed by atoms with Crippen molar-refractivity contribution < 1.29 is 9.53 Å². The second-order valence-electron chi connectivity index (χ2n) is 4.41. The van der Waals surface area contributed by atoms with E-state index >= 15 is 0 Å². The molecule has 1 amide bonds. The summed E-state index contributed by atoms with van der Waals surface area (Å²) in [6.07, 6.45) is 1.95. The lowest BCUT2D eigenvalue weighted by atomic mass is 10.2. The van der Waals surface area contributed by atoms with Gasteiger partial charge in [0.05, 0.1) is 19.2 Å². The van der Waals surface area contributed by atoms with Crippen LogP contribution in [0.4, 0.5) is 0 Å². The number of nitrogens with one attached hydrogen (secondary N) is 1. The van der Waals surface area contributed by atoms with Crippen molar-refractivity contribution in [2.24, 2.45) is 0 Å². The van der Waals surface area contributed by atoms with E-state index in [2.05, 4.69) is 17.2 Å². The van der Waals surface area contributed by atoms with Gasteiger partial charge >= 0.3 is 0 Å². The van der Waals surface area contributed by atoms with E-state index in [4.69, 9.17) is 4.74 Å². The second-order valence-corrected chi connectivity index (χ2v) is 5.26. The van der Waals surface area contributed by atoms with E-state index in [1.54, 1.807) is 18.9 Å². The predicted octanol–water partition coefficient (Wildman–Crippen LogP) is 3.20. The number of hydrogen-bond donors (Lipinski definition) is 1. The topological polar surface area (TPSA) is 38.3 Å². The van der Waals surface area contributed by atoms with Crippen molar-refractivity contribution in [2.75, 3.05) is 19.9 Å². The fraction of sp³-hybridized carbons (Fsp3) is 0.167. The van der Waals surface area contributed by atoms with Crippen LogP contribution in [0, 0.1) is 11.8 Å². The summed E-state index contributed by atoms with van der Waals surface area (Å²) in [6, 6.07) is 15.0. The first-order valence-electron chi connectivity index (χ1n) is 6.78. The largest absolute Gasteiger partial charge is 0.497 e. The molecule has 0 fully saturated rings. The minimum Gasteiger partial charge on any atom is -0.497 e. The maximum Gasteiger partial charge on any atom is 0.253 e. The Labute approximate surface area is 135 Å². The molecule has 1 N–H and O–H groups in total. The molecule has 0 bridgehead atoms. The highest BCUT2D eigenvalue weighted by Gasteiger charge is 2.08. The number of ether oxygens (including phenoxy) is 1. The van der Waals surface area contributed by atoms with Gasteiger partial charge in [-0.05, 0) is 42.7 Å². The third-order valence-corrected chi connectivity index (χ3v) is 3.81. The molecule has 0 aliphatic carbocycles. The van der Waals surface area contributed by atoms with E-state index in [-0.39, 0.29) is 5.91 Å². The van der Waals surface area contributed by atoms with Crippen molar-refractivity contribution in [1.29, 1.82) is 0 Å². The first kappa shape index (κ1) is 16.0. The van der Waals surface area contributed by atoms with Gasteiger partial charge in [-0.2, -0.15) is 0 Å². The van der Waals surface area contributed by atoms with Crippen LogP contribution in [-0.4, -0.2) is 25.8 Å². The molecule has 0 spiro atoms. The summed E-state index contributed by atoms with van der Waals surface area (Å²) < 4.78 is 5.09. The van der Waals surface area contributed by atoms with E-state index in [0.717, 1.165) is 16.2 Å². The SMILES string of the molecule is COc1ccc(C#CCNC(=O)c2ccccc2SC)cc1. The molecule has 0 saturated heterocycles. The van der Waals surface area contributed by atoms with Crippen LogP contribution in [0.1, 0.15) is 15.9 Å². The molecular formula is C18H17NO2S. The minimum absolute atomic E-state index is 0.103. The van der Waals surface area contributed by atoms with Crippen LogP contribution in [-0.2, 0) is 0 Å². The summed E-state index contributed by atoms with van der Waals surface area (Å²) in [6.45, 7) is 0.313. The molecule has 3 nitrogen and oxygen atoms in total. The van der Waals surface area contributed by atoms with E-state index < -0.39 is 0 Å². The molecule has 2 rings (SSSR count). The average molecular weight is 311 g/mol. The van der Waals surface area contributed by atoms with Gasteiger partial charge in [-0.1, -0.05) is 24.0 Å². The smallest absolute Gasteiger partial charge is 0.253 e. The molecular weight excluding hydrogens is 294 g/mol. The van der Waals surface area contributed by atoms with Crippen LogP contribution in [0.2, 0.25) is 0 Å². The highest BCUT2D eigenvalue weighted by Crippen LogP contribution is 2.19. The lowest BCUT2D eigenvalue weighted by Crippen LogP contribution is -2.24. The summed E-state index contributed by atoms with van der Waals surface area (Å²) in [7, 11) is 1.63. The van der Waals surface area contributed by atoms with Gasteiger partial charge in [0.25, 0.3) is 5.91 Å². The maximum absolute atomic E-state index is 12.1. The van der Waals surface area contributed by atoms with E-state index in [1.165, 1.54) is 0 Å². The average Bonchev–Trinajstić information content (AvgIpc) is 2.59. The fourth-order valence-corrected chi connectivity index (χ4v) is 2.47. The molecule has 2 aromatic rings. The van der Waals surface area contributed by atoms with Gasteiger partial charge in [-0.3, -0.25) is 4.79 Å². The lowest BCUT2D eigenvalue weighted by Gasteiger charge is -2.05. The van der Waals surface area contributed by atoms with Crippen molar-refractivity contribution in [1.82, 2.24) is 5.32 Å². The Morgan fingerprint density at radius 3 is 2.59 bits per heavy atom. The summed E-state index contributed by atoms with van der Waals surface area (Å²) >= 11 is 1.55. The molecule has 2 aromatic carbocycles. The zero-order valence-electron chi connectivity index (χ0n) is 12.6. The zero-order valence-corrected chi connectivity index (χ0v) is 13.4. The Morgan fingerprint density at radius 1 is 1.18 bits per heavy atom. The number of carbonyl (C=O) groups excluding carboxylic acids is 1. The van der Waals surface area contributed by atoms with Crippen LogP contribution < -0.4 is 10.1 Å². The minimum atomic E-state index is -0.103. The van der Waals surface area contributed by atoms with Crippen molar-refractivity contribution in [2.45, 2.75) is 4.90 Å². The first-order chi connectivity index (χ1) is 10.7. The zero-order chi connectivity index (χ0) is 15.8. The van der Waals surface area contributed by atoms with Crippen LogP contribution in [0.25, 0.3) is 0 Å². The summed E-state index contributed by atoms with van der Waals surface area (Å²) in [5.41, 5.74) is 1.57. The van der Waals surface area contributed by atoms with E-state index in [9.17, 15) is 4.79 Å². The summed E-state index contributed by atoms with van der Waals surface area (Å²) in [5.74, 6) is 6.65.